The minimum atomic E-state index is -4.62. The van der Waals surface area contributed by atoms with Crippen molar-refractivity contribution in [3.63, 3.8) is 0 Å². The number of hydrogen-bond acceptors (Lipinski definition) is 2. The van der Waals surface area contributed by atoms with E-state index >= 15 is 0 Å². The molecule has 128 valence electrons. The first-order valence-corrected chi connectivity index (χ1v) is 10.2. The van der Waals surface area contributed by atoms with Gasteiger partial charge in [0.25, 0.3) is 0 Å². The lowest BCUT2D eigenvalue weighted by Gasteiger charge is -2.50. The van der Waals surface area contributed by atoms with E-state index in [4.69, 9.17) is 67.8 Å². The van der Waals surface area contributed by atoms with Gasteiger partial charge in [0.15, 0.2) is 0 Å². The Bertz CT molecular complexity index is 343. The Morgan fingerprint density at radius 1 is 1.00 bits per heavy atom. The molecule has 2 N–H and O–H groups in total. The predicted octanol–water partition coefficient (Wildman–Crippen LogP) is 4.29. The maximum absolute atomic E-state index is 10.9. The van der Waals surface area contributed by atoms with Gasteiger partial charge in [0.1, 0.15) is 0 Å². The van der Waals surface area contributed by atoms with Crippen molar-refractivity contribution in [1.29, 1.82) is 0 Å². The Hall–Kier alpha value is 1.56. The number of halogens is 5. The second kappa shape index (κ2) is 9.15. The Morgan fingerprint density at radius 2 is 1.33 bits per heavy atom. The van der Waals surface area contributed by atoms with Crippen molar-refractivity contribution in [2.24, 2.45) is 17.3 Å². The quantitative estimate of drug-likeness (QED) is 0.406. The van der Waals surface area contributed by atoms with Crippen molar-refractivity contribution in [2.45, 2.75) is 18.7 Å². The molecule has 0 spiro atoms. The highest BCUT2D eigenvalue weighted by Crippen LogP contribution is 2.52. The summed E-state index contributed by atoms with van der Waals surface area (Å²) >= 11 is 30.6. The molecule has 0 aromatic carbocycles. The van der Waals surface area contributed by atoms with Crippen LogP contribution in [0.25, 0.3) is 0 Å². The highest BCUT2D eigenvalue weighted by molar-refractivity contribution is 7.46. The van der Waals surface area contributed by atoms with E-state index in [-0.39, 0.29) is 42.0 Å². The van der Waals surface area contributed by atoms with E-state index < -0.39 is 18.1 Å². The van der Waals surface area contributed by atoms with E-state index in [1.165, 1.54) is 0 Å². The van der Waals surface area contributed by atoms with Gasteiger partial charge in [-0.15, -0.1) is 58.0 Å². The lowest BCUT2D eigenvalue weighted by molar-refractivity contribution is 0.0596. The molecule has 0 saturated heterocycles. The van der Waals surface area contributed by atoms with Crippen LogP contribution in [0.15, 0.2) is 0 Å². The fourth-order valence-electron chi connectivity index (χ4n) is 2.33. The third-order valence-electron chi connectivity index (χ3n) is 3.56. The largest absolute Gasteiger partial charge is 0.469 e. The first-order valence-electron chi connectivity index (χ1n) is 6.13. The maximum atomic E-state index is 10.9. The fraction of sp³-hybridized carbons (Fsp3) is 1.00. The molecule has 21 heavy (non-hydrogen) atoms. The standard InChI is InChI=1S/C11H20Cl5O4P/c1-10(2,7-20-21(17,18)19)11(16,8(3-12)4-13)9(5-14)6-15/h8-9H,3-7H2,1-2H3,(H2,17,18,19). The van der Waals surface area contributed by atoms with Crippen molar-refractivity contribution >= 4 is 65.8 Å². The summed E-state index contributed by atoms with van der Waals surface area (Å²) in [5, 5.41) is 0. The molecular formula is C11H20Cl5O4P. The zero-order chi connectivity index (χ0) is 16.9. The normalized spacial score (nSPS) is 14.2. The van der Waals surface area contributed by atoms with Gasteiger partial charge in [-0.3, -0.25) is 4.52 Å². The molecule has 0 amide bonds. The molecule has 0 bridgehead atoms. The highest BCUT2D eigenvalue weighted by Gasteiger charge is 2.53. The fourth-order valence-corrected chi connectivity index (χ4v) is 5.13. The maximum Gasteiger partial charge on any atom is 0.469 e. The Labute approximate surface area is 150 Å². The summed E-state index contributed by atoms with van der Waals surface area (Å²) in [6, 6.07) is 0. The van der Waals surface area contributed by atoms with Crippen LogP contribution in [0.1, 0.15) is 13.8 Å². The number of alkyl halides is 5. The molecule has 0 aromatic rings. The van der Waals surface area contributed by atoms with Gasteiger partial charge in [-0.25, -0.2) is 4.57 Å². The lowest BCUT2D eigenvalue weighted by Crippen LogP contribution is -2.56. The van der Waals surface area contributed by atoms with E-state index in [9.17, 15) is 4.57 Å². The Morgan fingerprint density at radius 3 is 1.57 bits per heavy atom. The second-order valence-electron chi connectivity index (χ2n) is 5.43. The van der Waals surface area contributed by atoms with Gasteiger partial charge in [-0.05, 0) is 0 Å². The topological polar surface area (TPSA) is 66.8 Å². The molecule has 0 saturated carbocycles. The minimum Gasteiger partial charge on any atom is -0.303 e. The average Bonchev–Trinajstić information content (AvgIpc) is 2.38. The van der Waals surface area contributed by atoms with Crippen LogP contribution in [0.3, 0.4) is 0 Å². The highest BCUT2D eigenvalue weighted by atomic mass is 35.5. The van der Waals surface area contributed by atoms with Gasteiger partial charge in [0, 0.05) is 40.8 Å². The van der Waals surface area contributed by atoms with Crippen molar-refractivity contribution in [3.05, 3.63) is 0 Å². The molecule has 0 heterocycles. The molecule has 0 rings (SSSR count). The monoisotopic (exact) mass is 422 g/mol. The van der Waals surface area contributed by atoms with E-state index in [2.05, 4.69) is 4.52 Å². The third kappa shape index (κ3) is 5.85. The summed E-state index contributed by atoms with van der Waals surface area (Å²) in [7, 11) is -4.62. The van der Waals surface area contributed by atoms with Crippen molar-refractivity contribution in [3.8, 4) is 0 Å². The Balaban J connectivity index is 5.60. The SMILES string of the molecule is CC(C)(COP(=O)(O)O)C(Cl)(C(CCl)CCl)C(CCl)CCl. The van der Waals surface area contributed by atoms with Crippen LogP contribution in [-0.2, 0) is 9.09 Å². The molecule has 0 aliphatic heterocycles. The van der Waals surface area contributed by atoms with Crippen molar-refractivity contribution < 1.29 is 18.9 Å². The predicted molar refractivity (Wildman–Crippen MR) is 90.2 cm³/mol. The molecule has 10 heteroatoms. The molecule has 0 aliphatic carbocycles. The molecule has 0 radical (unpaired) electrons. The smallest absolute Gasteiger partial charge is 0.303 e. The molecule has 4 nitrogen and oxygen atoms in total. The Kier molecular flexibility index (Phi) is 9.83. The average molecular weight is 425 g/mol. The molecule has 0 unspecified atom stereocenters. The van der Waals surface area contributed by atoms with Crippen molar-refractivity contribution in [2.75, 3.05) is 30.1 Å². The number of phosphoric ester groups is 1. The number of hydrogen-bond donors (Lipinski definition) is 2. The molecular weight excluding hydrogens is 404 g/mol. The third-order valence-corrected chi connectivity index (χ3v) is 6.65. The zero-order valence-corrected chi connectivity index (χ0v) is 16.4. The summed E-state index contributed by atoms with van der Waals surface area (Å²) in [6.07, 6.45) is 0. The number of phosphoric acid groups is 1. The second-order valence-corrected chi connectivity index (χ2v) is 8.53. The summed E-state index contributed by atoms with van der Waals surface area (Å²) in [6.45, 7) is 3.15. The zero-order valence-electron chi connectivity index (χ0n) is 11.7. The van der Waals surface area contributed by atoms with Gasteiger partial charge in [-0.2, -0.15) is 0 Å². The van der Waals surface area contributed by atoms with Crippen LogP contribution >= 0.6 is 65.8 Å². The van der Waals surface area contributed by atoms with Gasteiger partial charge >= 0.3 is 7.82 Å². The lowest BCUT2D eigenvalue weighted by atomic mass is 9.66. The van der Waals surface area contributed by atoms with E-state index in [1.807, 2.05) is 0 Å². The van der Waals surface area contributed by atoms with E-state index in [0.29, 0.717) is 0 Å². The van der Waals surface area contributed by atoms with Gasteiger partial charge in [0.05, 0.1) is 11.5 Å². The number of rotatable bonds is 10. The summed E-state index contributed by atoms with van der Waals surface area (Å²) in [4.78, 5) is 16.7. The molecule has 0 aromatic heterocycles. The molecule has 0 fully saturated rings. The van der Waals surface area contributed by atoms with Gasteiger partial charge < -0.3 is 9.79 Å². The van der Waals surface area contributed by atoms with Crippen LogP contribution in [0.4, 0.5) is 0 Å². The van der Waals surface area contributed by atoms with Crippen molar-refractivity contribution in [1.82, 2.24) is 0 Å². The van der Waals surface area contributed by atoms with Gasteiger partial charge in [-0.1, -0.05) is 13.8 Å². The summed E-state index contributed by atoms with van der Waals surface area (Å²) < 4.78 is 15.6. The first kappa shape index (κ1) is 22.6. The van der Waals surface area contributed by atoms with Crippen LogP contribution in [-0.4, -0.2) is 44.8 Å². The summed E-state index contributed by atoms with van der Waals surface area (Å²) in [5.41, 5.74) is -0.876. The molecule has 0 aliphatic rings. The van der Waals surface area contributed by atoms with Crippen LogP contribution in [0.2, 0.25) is 0 Å². The minimum absolute atomic E-state index is 0.163. The summed E-state index contributed by atoms with van der Waals surface area (Å²) in [5.74, 6) is -0.0683. The first-order chi connectivity index (χ1) is 9.50. The van der Waals surface area contributed by atoms with Crippen LogP contribution in [0, 0.1) is 17.3 Å². The molecule has 0 atom stereocenters. The van der Waals surface area contributed by atoms with E-state index in [0.717, 1.165) is 0 Å². The van der Waals surface area contributed by atoms with Crippen LogP contribution < -0.4 is 0 Å². The van der Waals surface area contributed by atoms with Gasteiger partial charge in [0.2, 0.25) is 0 Å². The van der Waals surface area contributed by atoms with Crippen LogP contribution in [0.5, 0.6) is 0 Å². The van der Waals surface area contributed by atoms with E-state index in [1.54, 1.807) is 13.8 Å².